The van der Waals surface area contributed by atoms with E-state index in [2.05, 4.69) is 19.9 Å². The van der Waals surface area contributed by atoms with E-state index in [1.165, 1.54) is 29.0 Å². The van der Waals surface area contributed by atoms with Crippen molar-refractivity contribution in [1.82, 2.24) is 9.29 Å². The Balaban J connectivity index is 1.45. The molecular weight excluding hydrogens is 494 g/mol. The second kappa shape index (κ2) is 10.2. The molecule has 0 aliphatic carbocycles. The quantitative estimate of drug-likeness (QED) is 0.309. The van der Waals surface area contributed by atoms with Gasteiger partial charge in [0.05, 0.1) is 27.9 Å². The highest BCUT2D eigenvalue weighted by Crippen LogP contribution is 2.32. The molecule has 0 saturated carbocycles. The molecule has 36 heavy (non-hydrogen) atoms. The number of hydrogen-bond acceptors (Lipinski definition) is 6. The number of thiazole rings is 1. The van der Waals surface area contributed by atoms with Crippen LogP contribution in [0.1, 0.15) is 48.4 Å². The topological polar surface area (TPSA) is 83.7 Å². The monoisotopic (exact) mass is 523 g/mol. The van der Waals surface area contributed by atoms with Crippen molar-refractivity contribution < 1.29 is 17.6 Å². The summed E-state index contributed by atoms with van der Waals surface area (Å²) in [6, 6.07) is 16.0. The van der Waals surface area contributed by atoms with Crippen LogP contribution in [0, 0.1) is 5.92 Å². The number of amides is 1. The molecule has 3 heterocycles. The minimum absolute atomic E-state index is 0.206. The second-order valence-corrected chi connectivity index (χ2v) is 12.2. The van der Waals surface area contributed by atoms with Gasteiger partial charge in [0.15, 0.2) is 5.13 Å². The Morgan fingerprint density at radius 1 is 1.19 bits per heavy atom. The molecule has 0 bridgehead atoms. The van der Waals surface area contributed by atoms with Gasteiger partial charge in [-0.2, -0.15) is 4.31 Å². The van der Waals surface area contributed by atoms with Crippen molar-refractivity contribution in [2.24, 2.45) is 5.92 Å². The third kappa shape index (κ3) is 4.96. The molecule has 188 valence electrons. The number of aryl methyl sites for hydroxylation is 1. The first-order valence-corrected chi connectivity index (χ1v) is 14.4. The lowest BCUT2D eigenvalue weighted by molar-refractivity contribution is 0.0983. The minimum atomic E-state index is -3.59. The number of carbonyl (C=O) groups is 1. The Kier molecular flexibility index (Phi) is 6.96. The van der Waals surface area contributed by atoms with Crippen molar-refractivity contribution in [3.05, 3.63) is 77.7 Å². The lowest BCUT2D eigenvalue weighted by Crippen LogP contribution is -2.39. The number of sulfonamides is 1. The highest BCUT2D eigenvalue weighted by Gasteiger charge is 2.29. The summed E-state index contributed by atoms with van der Waals surface area (Å²) >= 11 is 1.46. The molecule has 0 N–H and O–H groups in total. The molecule has 0 radical (unpaired) electrons. The summed E-state index contributed by atoms with van der Waals surface area (Å²) < 4.78 is 34.4. The number of nitrogens with zero attached hydrogens (tertiary/aromatic N) is 3. The number of fused-ring (bicyclic) bond motifs is 1. The van der Waals surface area contributed by atoms with Gasteiger partial charge in [-0.25, -0.2) is 13.4 Å². The molecule has 4 aromatic rings. The number of carbonyl (C=O) groups excluding carboxylic acids is 1. The highest BCUT2D eigenvalue weighted by molar-refractivity contribution is 7.89. The lowest BCUT2D eigenvalue weighted by Gasteiger charge is -2.30. The fraction of sp³-hybridized carbons (Fsp3) is 0.333. The molecule has 1 fully saturated rings. The van der Waals surface area contributed by atoms with Crippen molar-refractivity contribution in [1.29, 1.82) is 0 Å². The smallest absolute Gasteiger partial charge is 0.260 e. The second-order valence-electron chi connectivity index (χ2n) is 9.26. The summed E-state index contributed by atoms with van der Waals surface area (Å²) in [6.45, 7) is 5.45. The first kappa shape index (κ1) is 24.7. The Morgan fingerprint density at radius 2 is 2.00 bits per heavy atom. The predicted octanol–water partition coefficient (Wildman–Crippen LogP) is 5.72. The van der Waals surface area contributed by atoms with E-state index in [0.29, 0.717) is 35.5 Å². The Hall–Kier alpha value is -3.01. The van der Waals surface area contributed by atoms with Gasteiger partial charge in [0.2, 0.25) is 10.0 Å². The number of rotatable bonds is 7. The van der Waals surface area contributed by atoms with Crippen LogP contribution in [0.2, 0.25) is 0 Å². The number of furan rings is 1. The maximum absolute atomic E-state index is 13.7. The summed E-state index contributed by atoms with van der Waals surface area (Å²) in [5.41, 5.74) is 2.43. The first-order valence-electron chi connectivity index (χ1n) is 12.2. The molecular formula is C27H29N3O4S2. The van der Waals surface area contributed by atoms with Crippen LogP contribution in [0.15, 0.2) is 70.2 Å². The molecule has 1 aliphatic rings. The molecule has 2 aromatic carbocycles. The normalized spacial score (nSPS) is 16.9. The van der Waals surface area contributed by atoms with E-state index >= 15 is 0 Å². The SMILES string of the molecule is CCc1ccc2nc(N(Cc3ccco3)C(=O)c3ccc(S(=O)(=O)N4CCCC(C)C4)cc3)sc2c1. The van der Waals surface area contributed by atoms with Gasteiger partial charge in [-0.3, -0.25) is 9.69 Å². The Bertz CT molecular complexity index is 1460. The number of hydrogen-bond donors (Lipinski definition) is 0. The summed E-state index contributed by atoms with van der Waals surface area (Å²) in [4.78, 5) is 20.2. The van der Waals surface area contributed by atoms with Crippen LogP contribution in [-0.2, 0) is 23.0 Å². The number of aromatic nitrogens is 1. The molecule has 0 spiro atoms. The maximum atomic E-state index is 13.7. The van der Waals surface area contributed by atoms with Gasteiger partial charge in [-0.1, -0.05) is 31.3 Å². The van der Waals surface area contributed by atoms with Gasteiger partial charge in [0.1, 0.15) is 5.76 Å². The molecule has 1 saturated heterocycles. The van der Waals surface area contributed by atoms with Gasteiger partial charge >= 0.3 is 0 Å². The Labute approximate surface area is 215 Å². The highest BCUT2D eigenvalue weighted by atomic mass is 32.2. The molecule has 9 heteroatoms. The zero-order valence-corrected chi connectivity index (χ0v) is 22.0. The summed E-state index contributed by atoms with van der Waals surface area (Å²) in [5.74, 6) is 0.707. The van der Waals surface area contributed by atoms with Gasteiger partial charge in [-0.05, 0) is 79.3 Å². The zero-order chi connectivity index (χ0) is 25.3. The van der Waals surface area contributed by atoms with E-state index in [-0.39, 0.29) is 17.3 Å². The van der Waals surface area contributed by atoms with E-state index in [9.17, 15) is 13.2 Å². The zero-order valence-electron chi connectivity index (χ0n) is 20.4. The van der Waals surface area contributed by atoms with Crippen LogP contribution in [0.4, 0.5) is 5.13 Å². The fourth-order valence-corrected chi connectivity index (χ4v) is 7.14. The molecule has 1 unspecified atom stereocenters. The average Bonchev–Trinajstić information content (AvgIpc) is 3.56. The maximum Gasteiger partial charge on any atom is 0.260 e. The third-order valence-corrected chi connectivity index (χ3v) is 9.50. The van der Waals surface area contributed by atoms with Crippen molar-refractivity contribution in [2.45, 2.75) is 44.6 Å². The van der Waals surface area contributed by atoms with Crippen LogP contribution in [0.25, 0.3) is 10.2 Å². The van der Waals surface area contributed by atoms with Crippen molar-refractivity contribution >= 4 is 42.6 Å². The molecule has 1 amide bonds. The average molecular weight is 524 g/mol. The number of anilines is 1. The largest absolute Gasteiger partial charge is 0.467 e. The summed E-state index contributed by atoms with van der Waals surface area (Å²) in [7, 11) is -3.59. The third-order valence-electron chi connectivity index (χ3n) is 6.58. The van der Waals surface area contributed by atoms with Crippen LogP contribution in [0.3, 0.4) is 0 Å². The molecule has 1 aliphatic heterocycles. The molecule has 1 atom stereocenters. The van der Waals surface area contributed by atoms with E-state index < -0.39 is 10.0 Å². The minimum Gasteiger partial charge on any atom is -0.467 e. The summed E-state index contributed by atoms with van der Waals surface area (Å²) in [5, 5.41) is 0.568. The van der Waals surface area contributed by atoms with E-state index in [4.69, 9.17) is 9.40 Å². The number of benzene rings is 2. The van der Waals surface area contributed by atoms with Crippen LogP contribution < -0.4 is 4.90 Å². The van der Waals surface area contributed by atoms with E-state index in [1.807, 2.05) is 18.2 Å². The van der Waals surface area contributed by atoms with Gasteiger partial charge in [-0.15, -0.1) is 0 Å². The fourth-order valence-electron chi connectivity index (χ4n) is 4.52. The Morgan fingerprint density at radius 3 is 2.69 bits per heavy atom. The number of piperidine rings is 1. The van der Waals surface area contributed by atoms with Gasteiger partial charge in [0.25, 0.3) is 5.91 Å². The lowest BCUT2D eigenvalue weighted by atomic mass is 10.0. The van der Waals surface area contributed by atoms with Gasteiger partial charge < -0.3 is 4.42 Å². The molecule has 7 nitrogen and oxygen atoms in total. The molecule has 5 rings (SSSR count). The van der Waals surface area contributed by atoms with Crippen LogP contribution >= 0.6 is 11.3 Å². The van der Waals surface area contributed by atoms with Crippen molar-refractivity contribution in [3.63, 3.8) is 0 Å². The van der Waals surface area contributed by atoms with E-state index in [0.717, 1.165) is 29.5 Å². The van der Waals surface area contributed by atoms with Crippen LogP contribution in [0.5, 0.6) is 0 Å². The standard InChI is InChI=1S/C27H29N3O4S2/c1-3-20-8-13-24-25(16-20)35-27(28-24)30(18-22-7-5-15-34-22)26(31)21-9-11-23(12-10-21)36(32,33)29-14-4-6-19(2)17-29/h5,7-13,15-16,19H,3-4,6,14,17-18H2,1-2H3. The van der Waals surface area contributed by atoms with Crippen LogP contribution in [-0.4, -0.2) is 36.7 Å². The summed E-state index contributed by atoms with van der Waals surface area (Å²) in [6.07, 6.45) is 4.39. The van der Waals surface area contributed by atoms with Gasteiger partial charge in [0, 0.05) is 18.7 Å². The van der Waals surface area contributed by atoms with Crippen molar-refractivity contribution in [3.8, 4) is 0 Å². The first-order chi connectivity index (χ1) is 17.3. The molecule has 2 aromatic heterocycles. The predicted molar refractivity (Wildman–Crippen MR) is 142 cm³/mol. The van der Waals surface area contributed by atoms with Crippen molar-refractivity contribution in [2.75, 3.05) is 18.0 Å². The van der Waals surface area contributed by atoms with E-state index in [1.54, 1.807) is 33.7 Å².